The van der Waals surface area contributed by atoms with Crippen LogP contribution in [0.5, 0.6) is 5.75 Å². The molecule has 2 aromatic heterocycles. The van der Waals surface area contributed by atoms with E-state index in [-0.39, 0.29) is 23.7 Å². The predicted octanol–water partition coefficient (Wildman–Crippen LogP) is 4.69. The number of furan rings is 1. The fourth-order valence-electron chi connectivity index (χ4n) is 3.92. The number of rotatable bonds is 7. The van der Waals surface area contributed by atoms with Crippen LogP contribution in [0.15, 0.2) is 51.4 Å². The van der Waals surface area contributed by atoms with Gasteiger partial charge in [0, 0.05) is 37.2 Å². The molecule has 1 amide bonds. The summed E-state index contributed by atoms with van der Waals surface area (Å²) in [5.74, 6) is 2.99. The number of carbonyl (C=O) groups is 2. The van der Waals surface area contributed by atoms with Crippen LogP contribution in [0.2, 0.25) is 0 Å². The monoisotopic (exact) mass is 479 g/mol. The van der Waals surface area contributed by atoms with Crippen molar-refractivity contribution in [3.63, 3.8) is 0 Å². The fourth-order valence-corrected chi connectivity index (χ4v) is 3.92. The van der Waals surface area contributed by atoms with E-state index < -0.39 is 0 Å². The molecule has 0 N–H and O–H groups in total. The van der Waals surface area contributed by atoms with Crippen molar-refractivity contribution in [2.45, 2.75) is 52.7 Å². The second kappa shape index (κ2) is 10.5. The van der Waals surface area contributed by atoms with Gasteiger partial charge in [-0.15, -0.1) is 0 Å². The van der Waals surface area contributed by atoms with E-state index in [1.807, 2.05) is 11.1 Å². The van der Waals surface area contributed by atoms with Gasteiger partial charge >= 0.3 is 0 Å². The van der Waals surface area contributed by atoms with Crippen LogP contribution in [0.4, 0.5) is 0 Å². The number of nitrogens with zero attached hydrogens (tertiary/aromatic N) is 3. The maximum Gasteiger partial charge on any atom is 0.289 e. The summed E-state index contributed by atoms with van der Waals surface area (Å²) in [5.41, 5.74) is 0.564. The Hall–Kier alpha value is -3.39. The number of ketones is 1. The van der Waals surface area contributed by atoms with E-state index in [2.05, 4.69) is 30.7 Å². The Morgan fingerprint density at radius 1 is 1.00 bits per heavy atom. The Kier molecular flexibility index (Phi) is 7.40. The Morgan fingerprint density at radius 2 is 1.77 bits per heavy atom. The van der Waals surface area contributed by atoms with E-state index in [4.69, 9.17) is 13.6 Å². The van der Waals surface area contributed by atoms with Gasteiger partial charge in [0.25, 0.3) is 5.91 Å². The molecule has 3 aromatic rings. The first-order chi connectivity index (χ1) is 16.7. The van der Waals surface area contributed by atoms with Crippen molar-refractivity contribution in [2.24, 2.45) is 0 Å². The van der Waals surface area contributed by atoms with Crippen LogP contribution in [0.25, 0.3) is 0 Å². The number of aromatic nitrogens is 1. The quantitative estimate of drug-likeness (QED) is 0.454. The molecule has 0 aliphatic carbocycles. The van der Waals surface area contributed by atoms with Gasteiger partial charge < -0.3 is 18.5 Å². The summed E-state index contributed by atoms with van der Waals surface area (Å²) < 4.78 is 17.4. The maximum absolute atomic E-state index is 13.0. The van der Waals surface area contributed by atoms with E-state index >= 15 is 0 Å². The topological polar surface area (TPSA) is 89.0 Å². The standard InChI is InChI=1S/C27H33N3O5/c1-19(31)20-6-8-21(9-7-20)33-18-22-10-11-23(34-22)26(32)30-13-5-12-29(14-15-30)17-25-28-16-24(35-25)27(2,3)4/h6-11,16H,5,12-15,17-18H2,1-4H3. The molecule has 35 heavy (non-hydrogen) atoms. The van der Waals surface area contributed by atoms with Crippen LogP contribution in [-0.2, 0) is 18.6 Å². The molecule has 0 radical (unpaired) electrons. The lowest BCUT2D eigenvalue weighted by atomic mass is 9.94. The number of oxazole rings is 1. The summed E-state index contributed by atoms with van der Waals surface area (Å²) in [4.78, 5) is 33.0. The van der Waals surface area contributed by atoms with Gasteiger partial charge in [0.2, 0.25) is 5.89 Å². The van der Waals surface area contributed by atoms with Crippen LogP contribution >= 0.6 is 0 Å². The van der Waals surface area contributed by atoms with E-state index in [1.165, 1.54) is 6.92 Å². The van der Waals surface area contributed by atoms with Crippen molar-refractivity contribution in [1.82, 2.24) is 14.8 Å². The number of hydrogen-bond acceptors (Lipinski definition) is 7. The largest absolute Gasteiger partial charge is 0.486 e. The first-order valence-corrected chi connectivity index (χ1v) is 12.0. The van der Waals surface area contributed by atoms with Crippen LogP contribution in [-0.4, -0.2) is 52.7 Å². The smallest absolute Gasteiger partial charge is 0.289 e. The van der Waals surface area contributed by atoms with Gasteiger partial charge in [-0.25, -0.2) is 4.98 Å². The highest BCUT2D eigenvalue weighted by Crippen LogP contribution is 2.23. The van der Waals surface area contributed by atoms with Crippen molar-refractivity contribution in [2.75, 3.05) is 26.2 Å². The lowest BCUT2D eigenvalue weighted by molar-refractivity contribution is 0.0724. The molecule has 0 saturated carbocycles. The summed E-state index contributed by atoms with van der Waals surface area (Å²) in [6, 6.07) is 10.4. The molecule has 1 fully saturated rings. The average molecular weight is 480 g/mol. The zero-order chi connectivity index (χ0) is 25.0. The Morgan fingerprint density at radius 3 is 2.46 bits per heavy atom. The predicted molar refractivity (Wildman–Crippen MR) is 130 cm³/mol. The van der Waals surface area contributed by atoms with Crippen molar-refractivity contribution in [1.29, 1.82) is 0 Å². The van der Waals surface area contributed by atoms with Crippen molar-refractivity contribution >= 4 is 11.7 Å². The Balaban J connectivity index is 1.29. The summed E-state index contributed by atoms with van der Waals surface area (Å²) in [7, 11) is 0. The van der Waals surface area contributed by atoms with Crippen LogP contribution < -0.4 is 4.74 Å². The molecule has 0 unspecified atom stereocenters. The van der Waals surface area contributed by atoms with Gasteiger partial charge in [0.05, 0.1) is 12.7 Å². The van der Waals surface area contributed by atoms with Gasteiger partial charge in [-0.3, -0.25) is 14.5 Å². The number of carbonyl (C=O) groups excluding carboxylic acids is 2. The lowest BCUT2D eigenvalue weighted by Crippen LogP contribution is -2.35. The average Bonchev–Trinajstić information content (AvgIpc) is 3.43. The summed E-state index contributed by atoms with van der Waals surface area (Å²) in [6.07, 6.45) is 2.67. The van der Waals surface area contributed by atoms with E-state index in [0.29, 0.717) is 48.4 Å². The van der Waals surface area contributed by atoms with Crippen LogP contribution in [0.1, 0.15) is 72.4 Å². The molecule has 8 nitrogen and oxygen atoms in total. The van der Waals surface area contributed by atoms with Gasteiger partial charge in [-0.2, -0.15) is 0 Å². The second-order valence-electron chi connectivity index (χ2n) is 9.93. The molecule has 4 rings (SSSR count). The zero-order valence-electron chi connectivity index (χ0n) is 20.9. The fraction of sp³-hybridized carbons (Fsp3) is 0.444. The molecular formula is C27H33N3O5. The third kappa shape index (κ3) is 6.39. The van der Waals surface area contributed by atoms with E-state index in [9.17, 15) is 9.59 Å². The lowest BCUT2D eigenvalue weighted by Gasteiger charge is -2.20. The molecule has 0 spiro atoms. The normalized spacial score (nSPS) is 15.1. The molecule has 1 aliphatic rings. The molecule has 0 bridgehead atoms. The van der Waals surface area contributed by atoms with Gasteiger partial charge in [-0.1, -0.05) is 20.8 Å². The van der Waals surface area contributed by atoms with Crippen LogP contribution in [0.3, 0.4) is 0 Å². The second-order valence-corrected chi connectivity index (χ2v) is 9.93. The number of amides is 1. The molecule has 0 atom stereocenters. The summed E-state index contributed by atoms with van der Waals surface area (Å²) >= 11 is 0. The SMILES string of the molecule is CC(=O)c1ccc(OCc2ccc(C(=O)N3CCCN(Cc4ncc(C(C)(C)C)o4)CC3)o2)cc1. The van der Waals surface area contributed by atoms with E-state index in [1.54, 1.807) is 36.4 Å². The number of hydrogen-bond donors (Lipinski definition) is 0. The van der Waals surface area contributed by atoms with Crippen molar-refractivity contribution < 1.29 is 23.2 Å². The molecule has 8 heteroatoms. The Bertz CT molecular complexity index is 1160. The molecule has 1 aromatic carbocycles. The molecule has 1 aliphatic heterocycles. The summed E-state index contributed by atoms with van der Waals surface area (Å²) in [6.45, 7) is 11.6. The summed E-state index contributed by atoms with van der Waals surface area (Å²) in [5, 5.41) is 0. The van der Waals surface area contributed by atoms with Crippen LogP contribution in [0, 0.1) is 0 Å². The third-order valence-electron chi connectivity index (χ3n) is 6.04. The van der Waals surface area contributed by atoms with Crippen molar-refractivity contribution in [3.05, 3.63) is 71.3 Å². The van der Waals surface area contributed by atoms with Gasteiger partial charge in [0.1, 0.15) is 23.9 Å². The highest BCUT2D eigenvalue weighted by atomic mass is 16.5. The maximum atomic E-state index is 13.0. The minimum absolute atomic E-state index is 0.00896. The highest BCUT2D eigenvalue weighted by Gasteiger charge is 2.24. The number of ether oxygens (including phenoxy) is 1. The Labute approximate surface area is 205 Å². The first kappa shape index (κ1) is 24.7. The van der Waals surface area contributed by atoms with Gasteiger partial charge in [0.15, 0.2) is 11.5 Å². The first-order valence-electron chi connectivity index (χ1n) is 12.0. The number of benzene rings is 1. The van der Waals surface area contributed by atoms with E-state index in [0.717, 1.165) is 25.3 Å². The van der Waals surface area contributed by atoms with Crippen molar-refractivity contribution in [3.8, 4) is 5.75 Å². The number of Topliss-reactive ketones (excluding diaryl/α,β-unsaturated/α-hetero) is 1. The molecule has 1 saturated heterocycles. The molecule has 3 heterocycles. The highest BCUT2D eigenvalue weighted by molar-refractivity contribution is 5.94. The zero-order valence-corrected chi connectivity index (χ0v) is 20.9. The third-order valence-corrected chi connectivity index (χ3v) is 6.04. The minimum atomic E-state index is -0.116. The molecular weight excluding hydrogens is 446 g/mol. The minimum Gasteiger partial charge on any atom is -0.486 e. The molecule has 186 valence electrons. The van der Waals surface area contributed by atoms with Gasteiger partial charge in [-0.05, 0) is 49.7 Å².